The Morgan fingerprint density at radius 2 is 1.30 bits per heavy atom. The van der Waals surface area contributed by atoms with Crippen LogP contribution in [0.3, 0.4) is 0 Å². The van der Waals surface area contributed by atoms with Crippen LogP contribution in [-0.4, -0.2) is 80.8 Å². The highest BCUT2D eigenvalue weighted by Crippen LogP contribution is 2.34. The molecule has 0 fully saturated rings. The van der Waals surface area contributed by atoms with Gasteiger partial charge < -0.3 is 42.3 Å². The summed E-state index contributed by atoms with van der Waals surface area (Å²) in [7, 11) is 8.45. The molecule has 0 bridgehead atoms. The highest BCUT2D eigenvalue weighted by molar-refractivity contribution is 6.17. The molecule has 312 valence electrons. The zero-order valence-electron chi connectivity index (χ0n) is 33.9. The van der Waals surface area contributed by atoms with Gasteiger partial charge in [0.1, 0.15) is 70.2 Å². The van der Waals surface area contributed by atoms with Gasteiger partial charge in [0.15, 0.2) is 6.29 Å². The van der Waals surface area contributed by atoms with Crippen LogP contribution in [0, 0.1) is 22.7 Å². The van der Waals surface area contributed by atoms with E-state index in [1.165, 1.54) is 66.6 Å². The van der Waals surface area contributed by atoms with Crippen molar-refractivity contribution in [2.24, 2.45) is 0 Å². The van der Waals surface area contributed by atoms with Gasteiger partial charge in [0.05, 0.1) is 46.2 Å². The molecule has 17 heteroatoms. The Morgan fingerprint density at radius 3 is 1.87 bits per heavy atom. The van der Waals surface area contributed by atoms with E-state index in [4.69, 9.17) is 52.8 Å². The van der Waals surface area contributed by atoms with Gasteiger partial charge >= 0.3 is 11.9 Å². The molecule has 3 aromatic heterocycles. The molecule has 0 aliphatic heterocycles. The van der Waals surface area contributed by atoms with E-state index >= 15 is 0 Å². The molecule has 0 aliphatic carbocycles. The number of rotatable bonds is 13. The number of benzene rings is 3. The minimum Gasteiger partial charge on any atom is -0.504 e. The predicted octanol–water partition coefficient (Wildman–Crippen LogP) is 5.54. The van der Waals surface area contributed by atoms with Crippen molar-refractivity contribution in [3.63, 3.8) is 0 Å². The molecular formula is C44H40N6O11. The van der Waals surface area contributed by atoms with Gasteiger partial charge in [0.25, 0.3) is 0 Å². The maximum atomic E-state index is 12.3. The van der Waals surface area contributed by atoms with E-state index in [9.17, 15) is 9.59 Å². The van der Waals surface area contributed by atoms with Crippen LogP contribution in [0.1, 0.15) is 28.4 Å². The van der Waals surface area contributed by atoms with Crippen molar-refractivity contribution in [2.75, 3.05) is 42.7 Å². The molecular weight excluding hydrogens is 789 g/mol. The number of nitrogens with zero attached hydrogens (tertiary/aromatic N) is 6. The summed E-state index contributed by atoms with van der Waals surface area (Å²) in [5.41, 5.74) is 2.99. The van der Waals surface area contributed by atoms with Gasteiger partial charge in [0, 0.05) is 42.9 Å². The second-order valence-corrected chi connectivity index (χ2v) is 11.8. The number of carbonyl (C=O) groups excluding carboxylic acids is 2. The average molecular weight is 829 g/mol. The van der Waals surface area contributed by atoms with Crippen LogP contribution in [-0.2, 0) is 38.0 Å². The summed E-state index contributed by atoms with van der Waals surface area (Å²) in [4.78, 5) is 39.7. The van der Waals surface area contributed by atoms with Gasteiger partial charge in [-0.2, -0.15) is 10.5 Å². The third kappa shape index (κ3) is 12.2. The predicted molar refractivity (Wildman–Crippen MR) is 219 cm³/mol. The van der Waals surface area contributed by atoms with Crippen LogP contribution in [0.15, 0.2) is 108 Å². The van der Waals surface area contributed by atoms with Crippen molar-refractivity contribution in [2.45, 2.75) is 12.2 Å². The number of esters is 2. The molecule has 3 aromatic carbocycles. The van der Waals surface area contributed by atoms with Crippen LogP contribution in [0.5, 0.6) is 23.3 Å². The Balaban J connectivity index is 0.000000211. The second kappa shape index (κ2) is 23.3. The van der Waals surface area contributed by atoms with E-state index in [2.05, 4.69) is 26.5 Å². The zero-order chi connectivity index (χ0) is 44.1. The summed E-state index contributed by atoms with van der Waals surface area (Å²) >= 11 is 0. The number of hydrogen-bond donors (Lipinski definition) is 0. The summed E-state index contributed by atoms with van der Waals surface area (Å²) < 4.78 is 46.8. The third-order valence-electron chi connectivity index (χ3n) is 8.15. The minimum atomic E-state index is -0.867. The van der Waals surface area contributed by atoms with E-state index in [0.29, 0.717) is 28.0 Å². The van der Waals surface area contributed by atoms with Crippen molar-refractivity contribution in [1.82, 2.24) is 19.9 Å². The lowest BCUT2D eigenvalue weighted by Crippen LogP contribution is -2.30. The van der Waals surface area contributed by atoms with Gasteiger partial charge in [-0.3, -0.25) is 4.79 Å². The Kier molecular flexibility index (Phi) is 17.4. The molecule has 61 heavy (non-hydrogen) atoms. The molecule has 0 aliphatic rings. The van der Waals surface area contributed by atoms with Crippen molar-refractivity contribution >= 4 is 41.3 Å². The number of furan rings is 1. The molecule has 0 radical (unpaired) electrons. The zero-order valence-corrected chi connectivity index (χ0v) is 33.9. The number of carbonyl (C=O) groups is 2. The molecule has 0 spiro atoms. The van der Waals surface area contributed by atoms with Crippen LogP contribution in [0.25, 0.3) is 29.4 Å². The molecule has 0 amide bonds. The van der Waals surface area contributed by atoms with E-state index in [0.717, 1.165) is 16.2 Å². The monoisotopic (exact) mass is 828 g/mol. The first-order chi connectivity index (χ1) is 29.7. The molecule has 0 N–H and O–H groups in total. The Labute approximate surface area is 350 Å². The van der Waals surface area contributed by atoms with E-state index in [1.807, 2.05) is 36.4 Å². The maximum Gasteiger partial charge on any atom is 0.341 e. The number of methoxy groups -OCH3 is 6. The molecule has 0 saturated carbocycles. The van der Waals surface area contributed by atoms with Gasteiger partial charge in [-0.05, 0) is 18.2 Å². The SMILES string of the molecule is C=c1oc2ccccc2/c1=C/OC.CO/C=C(/C(=O)OC)c1ccccc1Oc1cc(C#N)ncn1.COC(=O)C(c1ccccc1Oc1cc(C#N)ncn1)C(OC)OC. The summed E-state index contributed by atoms with van der Waals surface area (Å²) in [5, 5.41) is 19.7. The van der Waals surface area contributed by atoms with Gasteiger partial charge in [-0.15, -0.1) is 0 Å². The smallest absolute Gasteiger partial charge is 0.341 e. The number of para-hydroxylation sites is 3. The fourth-order valence-electron chi connectivity index (χ4n) is 5.44. The fraction of sp³-hybridized carbons (Fsp3) is 0.182. The fourth-order valence-corrected chi connectivity index (χ4v) is 5.44. The van der Waals surface area contributed by atoms with Gasteiger partial charge in [0.2, 0.25) is 11.8 Å². The number of hydrogen-bond acceptors (Lipinski definition) is 17. The van der Waals surface area contributed by atoms with Crippen LogP contribution >= 0.6 is 0 Å². The first-order valence-corrected chi connectivity index (χ1v) is 17.8. The summed E-state index contributed by atoms with van der Waals surface area (Å²) in [6.07, 6.45) is 4.50. The molecule has 0 saturated heterocycles. The van der Waals surface area contributed by atoms with Crippen molar-refractivity contribution in [3.05, 3.63) is 137 Å². The number of ether oxygens (including phenoxy) is 8. The molecule has 3 heterocycles. The number of fused-ring (bicyclic) bond motifs is 1. The van der Waals surface area contributed by atoms with E-state index in [1.54, 1.807) is 61.9 Å². The number of nitriles is 2. The van der Waals surface area contributed by atoms with Crippen molar-refractivity contribution < 1.29 is 51.9 Å². The highest BCUT2D eigenvalue weighted by atomic mass is 16.7. The third-order valence-corrected chi connectivity index (χ3v) is 8.15. The largest absolute Gasteiger partial charge is 0.504 e. The van der Waals surface area contributed by atoms with Crippen molar-refractivity contribution in [3.8, 4) is 35.4 Å². The summed E-state index contributed by atoms with van der Waals surface area (Å²) in [6, 6.07) is 28.1. The van der Waals surface area contributed by atoms with E-state index < -0.39 is 24.1 Å². The minimum absolute atomic E-state index is 0.165. The van der Waals surface area contributed by atoms with Crippen LogP contribution in [0.4, 0.5) is 0 Å². The lowest BCUT2D eigenvalue weighted by Gasteiger charge is -2.24. The molecule has 17 nitrogen and oxygen atoms in total. The lowest BCUT2D eigenvalue weighted by molar-refractivity contribution is -0.163. The first kappa shape index (κ1) is 45.6. The Hall–Kier alpha value is -8.12. The summed E-state index contributed by atoms with van der Waals surface area (Å²) in [6.45, 7) is 3.80. The molecule has 1 atom stereocenters. The Morgan fingerprint density at radius 1 is 0.721 bits per heavy atom. The van der Waals surface area contributed by atoms with Gasteiger partial charge in [-0.1, -0.05) is 61.2 Å². The lowest BCUT2D eigenvalue weighted by atomic mass is 9.97. The molecule has 6 aromatic rings. The standard InChI is InChI=1S/C17H17N3O5.C16H13N3O4.C11H10O2/c1-22-16(21)15(17(23-2)24-3)12-6-4-5-7-13(12)25-14-8-11(9-18)19-10-20-14;1-21-9-13(16(20)22-2)12-5-3-4-6-14(12)23-15-7-11(8-17)18-10-19-15;1-8-10(7-12-2)9-5-3-4-6-11(9)13-8/h4-8,10,15,17H,1-3H3;3-7,9-10H,1-2H3;3-7H,1H2,2H3/b;13-9+;10-7+. The Bertz CT molecular complexity index is 2650. The number of aromatic nitrogens is 4. The topological polar surface area (TPSA) is 220 Å². The summed E-state index contributed by atoms with van der Waals surface area (Å²) in [5.74, 6) is -0.884. The van der Waals surface area contributed by atoms with E-state index in [-0.39, 0.29) is 28.7 Å². The second-order valence-electron chi connectivity index (χ2n) is 11.8. The molecule has 1 unspecified atom stereocenters. The highest BCUT2D eigenvalue weighted by Gasteiger charge is 2.34. The van der Waals surface area contributed by atoms with Crippen LogP contribution in [0.2, 0.25) is 0 Å². The first-order valence-electron chi connectivity index (χ1n) is 17.8. The van der Waals surface area contributed by atoms with Gasteiger partial charge in [-0.25, -0.2) is 24.7 Å². The van der Waals surface area contributed by atoms with Crippen LogP contribution < -0.4 is 20.1 Å². The van der Waals surface area contributed by atoms with Crippen molar-refractivity contribution in [1.29, 1.82) is 10.5 Å². The normalized spacial score (nSPS) is 11.4. The quantitative estimate of drug-likeness (QED) is 0.0603. The molecule has 6 rings (SSSR count). The maximum absolute atomic E-state index is 12.3. The average Bonchev–Trinajstić information content (AvgIpc) is 3.62.